The quantitative estimate of drug-likeness (QED) is 0.821. The van der Waals surface area contributed by atoms with Crippen LogP contribution in [0.5, 0.6) is 11.5 Å². The first-order chi connectivity index (χ1) is 10.0. The van der Waals surface area contributed by atoms with Crippen molar-refractivity contribution in [3.8, 4) is 11.5 Å². The maximum atomic E-state index is 14.1. The molecule has 2 nitrogen and oxygen atoms in total. The van der Waals surface area contributed by atoms with E-state index in [0.29, 0.717) is 17.2 Å². The molecule has 3 heteroatoms. The molecule has 2 rings (SSSR count). The minimum absolute atomic E-state index is 0.100. The average Bonchev–Trinajstić information content (AvgIpc) is 2.48. The smallest absolute Gasteiger partial charge is 0.168 e. The van der Waals surface area contributed by atoms with Crippen molar-refractivity contribution in [3.05, 3.63) is 59.4 Å². The fourth-order valence-electron chi connectivity index (χ4n) is 2.27. The zero-order valence-electron chi connectivity index (χ0n) is 12.6. The highest BCUT2D eigenvalue weighted by atomic mass is 19.1. The molecular formula is C18H21FO2. The zero-order chi connectivity index (χ0) is 15.4. The van der Waals surface area contributed by atoms with Crippen molar-refractivity contribution in [2.24, 2.45) is 0 Å². The van der Waals surface area contributed by atoms with Gasteiger partial charge >= 0.3 is 0 Å². The predicted octanol–water partition coefficient (Wildman–Crippen LogP) is 5.18. The van der Waals surface area contributed by atoms with Gasteiger partial charge in [0.2, 0.25) is 0 Å². The summed E-state index contributed by atoms with van der Waals surface area (Å²) in [6, 6.07) is 12.2. The predicted molar refractivity (Wildman–Crippen MR) is 82.3 cm³/mol. The van der Waals surface area contributed by atoms with E-state index in [2.05, 4.69) is 13.8 Å². The van der Waals surface area contributed by atoms with E-state index < -0.39 is 11.9 Å². The number of hydrogen-bond acceptors (Lipinski definition) is 2. The summed E-state index contributed by atoms with van der Waals surface area (Å²) in [5.74, 6) is 0.595. The second kappa shape index (κ2) is 6.72. The number of rotatable bonds is 5. The third kappa shape index (κ3) is 3.42. The van der Waals surface area contributed by atoms with E-state index in [1.54, 1.807) is 19.1 Å². The number of halogens is 1. The number of benzene rings is 2. The van der Waals surface area contributed by atoms with Crippen molar-refractivity contribution in [2.75, 3.05) is 0 Å². The molecule has 2 aromatic rings. The van der Waals surface area contributed by atoms with E-state index in [-0.39, 0.29) is 5.75 Å². The second-order valence-electron chi connectivity index (χ2n) is 5.28. The van der Waals surface area contributed by atoms with Crippen LogP contribution in [0, 0.1) is 5.82 Å². The van der Waals surface area contributed by atoms with Crippen LogP contribution in [0.3, 0.4) is 0 Å². The van der Waals surface area contributed by atoms with Gasteiger partial charge in [-0.25, -0.2) is 4.39 Å². The van der Waals surface area contributed by atoms with Gasteiger partial charge in [-0.15, -0.1) is 0 Å². The molecule has 0 aromatic heterocycles. The molecule has 0 spiro atoms. The highest BCUT2D eigenvalue weighted by Gasteiger charge is 2.17. The van der Waals surface area contributed by atoms with E-state index in [1.165, 1.54) is 6.07 Å². The number of ether oxygens (including phenoxy) is 1. The van der Waals surface area contributed by atoms with Crippen molar-refractivity contribution in [1.29, 1.82) is 0 Å². The molecule has 0 saturated carbocycles. The molecule has 2 aromatic carbocycles. The molecule has 112 valence electrons. The highest BCUT2D eigenvalue weighted by molar-refractivity contribution is 5.44. The first-order valence-corrected chi connectivity index (χ1v) is 7.27. The van der Waals surface area contributed by atoms with Crippen molar-refractivity contribution >= 4 is 0 Å². The lowest BCUT2D eigenvalue weighted by molar-refractivity contribution is 0.194. The Balaban J connectivity index is 2.44. The molecule has 2 unspecified atom stereocenters. The summed E-state index contributed by atoms with van der Waals surface area (Å²) in [5.41, 5.74) is 1.49. The molecule has 0 radical (unpaired) electrons. The Morgan fingerprint density at radius 2 is 1.71 bits per heavy atom. The van der Waals surface area contributed by atoms with Gasteiger partial charge in [0.15, 0.2) is 11.6 Å². The van der Waals surface area contributed by atoms with E-state index in [4.69, 9.17) is 4.74 Å². The largest absolute Gasteiger partial charge is 0.454 e. The SMILES string of the molecule is CCC(C)c1ccccc1Oc1c(F)cccc1C(C)O. The lowest BCUT2D eigenvalue weighted by Gasteiger charge is -2.18. The Morgan fingerprint density at radius 3 is 2.38 bits per heavy atom. The fourth-order valence-corrected chi connectivity index (χ4v) is 2.27. The van der Waals surface area contributed by atoms with Crippen molar-refractivity contribution in [2.45, 2.75) is 39.2 Å². The average molecular weight is 288 g/mol. The van der Waals surface area contributed by atoms with Gasteiger partial charge in [0.1, 0.15) is 5.75 Å². The van der Waals surface area contributed by atoms with Gasteiger partial charge in [0.25, 0.3) is 0 Å². The summed E-state index contributed by atoms with van der Waals surface area (Å²) in [7, 11) is 0. The van der Waals surface area contributed by atoms with Crippen LogP contribution in [0.1, 0.15) is 50.3 Å². The van der Waals surface area contributed by atoms with Crippen molar-refractivity contribution < 1.29 is 14.2 Å². The fraction of sp³-hybridized carbons (Fsp3) is 0.333. The summed E-state index contributed by atoms with van der Waals surface area (Å²) >= 11 is 0. The molecule has 0 heterocycles. The summed E-state index contributed by atoms with van der Waals surface area (Å²) in [6.45, 7) is 5.81. The van der Waals surface area contributed by atoms with Gasteiger partial charge in [-0.1, -0.05) is 44.2 Å². The topological polar surface area (TPSA) is 29.5 Å². The minimum Gasteiger partial charge on any atom is -0.454 e. The van der Waals surface area contributed by atoms with Gasteiger partial charge in [0, 0.05) is 5.56 Å². The zero-order valence-corrected chi connectivity index (χ0v) is 12.6. The van der Waals surface area contributed by atoms with Crippen LogP contribution in [0.4, 0.5) is 4.39 Å². The molecule has 0 fully saturated rings. The first-order valence-electron chi connectivity index (χ1n) is 7.27. The van der Waals surface area contributed by atoms with E-state index >= 15 is 0 Å². The Morgan fingerprint density at radius 1 is 1.05 bits per heavy atom. The number of aliphatic hydroxyl groups excluding tert-OH is 1. The molecule has 0 aliphatic rings. The van der Waals surface area contributed by atoms with Crippen LogP contribution in [-0.4, -0.2) is 5.11 Å². The third-order valence-electron chi connectivity index (χ3n) is 3.72. The molecule has 1 N–H and O–H groups in total. The van der Waals surface area contributed by atoms with E-state index in [1.807, 2.05) is 24.3 Å². The number of hydrogen-bond donors (Lipinski definition) is 1. The van der Waals surface area contributed by atoms with Crippen LogP contribution >= 0.6 is 0 Å². The minimum atomic E-state index is -0.786. The molecule has 21 heavy (non-hydrogen) atoms. The molecule has 0 bridgehead atoms. The van der Waals surface area contributed by atoms with Gasteiger partial charge in [-0.05, 0) is 37.0 Å². The maximum Gasteiger partial charge on any atom is 0.168 e. The Kier molecular flexibility index (Phi) is 4.97. The molecular weight excluding hydrogens is 267 g/mol. The summed E-state index contributed by atoms with van der Waals surface area (Å²) in [6.07, 6.45) is 0.187. The number of para-hydroxylation sites is 2. The van der Waals surface area contributed by atoms with Crippen LogP contribution < -0.4 is 4.74 Å². The summed E-state index contributed by atoms with van der Waals surface area (Å²) in [4.78, 5) is 0. The number of aliphatic hydroxyl groups is 1. The Labute approximate surface area is 125 Å². The maximum absolute atomic E-state index is 14.1. The van der Waals surface area contributed by atoms with Gasteiger partial charge in [0.05, 0.1) is 6.10 Å². The Bertz CT molecular complexity index is 608. The van der Waals surface area contributed by atoms with Crippen molar-refractivity contribution in [3.63, 3.8) is 0 Å². The Hall–Kier alpha value is -1.87. The molecule has 0 aliphatic carbocycles. The summed E-state index contributed by atoms with van der Waals surface area (Å²) < 4.78 is 19.9. The van der Waals surface area contributed by atoms with E-state index in [0.717, 1.165) is 12.0 Å². The molecule has 2 atom stereocenters. The summed E-state index contributed by atoms with van der Waals surface area (Å²) in [5, 5.41) is 9.78. The van der Waals surface area contributed by atoms with Crippen LogP contribution in [-0.2, 0) is 0 Å². The van der Waals surface area contributed by atoms with Crippen LogP contribution in [0.25, 0.3) is 0 Å². The second-order valence-corrected chi connectivity index (χ2v) is 5.28. The van der Waals surface area contributed by atoms with Gasteiger partial charge < -0.3 is 9.84 Å². The van der Waals surface area contributed by atoms with Crippen molar-refractivity contribution in [1.82, 2.24) is 0 Å². The standard InChI is InChI=1S/C18H21FO2/c1-4-12(2)14-8-5-6-11-17(14)21-18-15(13(3)20)9-7-10-16(18)19/h5-13,20H,4H2,1-3H3. The molecule has 0 saturated heterocycles. The van der Waals surface area contributed by atoms with Gasteiger partial charge in [-0.2, -0.15) is 0 Å². The van der Waals surface area contributed by atoms with Crippen LogP contribution in [0.15, 0.2) is 42.5 Å². The van der Waals surface area contributed by atoms with Gasteiger partial charge in [-0.3, -0.25) is 0 Å². The lowest BCUT2D eigenvalue weighted by atomic mass is 9.98. The van der Waals surface area contributed by atoms with Crippen LogP contribution in [0.2, 0.25) is 0 Å². The monoisotopic (exact) mass is 288 g/mol. The highest BCUT2D eigenvalue weighted by Crippen LogP contribution is 2.36. The first kappa shape index (κ1) is 15.5. The normalized spacial score (nSPS) is 13.8. The molecule has 0 aliphatic heterocycles. The molecule has 0 amide bonds. The third-order valence-corrected chi connectivity index (χ3v) is 3.72. The lowest BCUT2D eigenvalue weighted by Crippen LogP contribution is -2.01. The van der Waals surface area contributed by atoms with E-state index in [9.17, 15) is 9.50 Å².